The lowest BCUT2D eigenvalue weighted by molar-refractivity contribution is -0.108. The van der Waals surface area contributed by atoms with E-state index in [-0.39, 0.29) is 11.5 Å². The zero-order chi connectivity index (χ0) is 5.86. The number of allylic oxidation sites excluding steroid dienone is 1. The van der Waals surface area contributed by atoms with Gasteiger partial charge in [0.15, 0.2) is 5.78 Å². The Morgan fingerprint density at radius 1 is 1.86 bits per heavy atom. The zero-order valence-electron chi connectivity index (χ0n) is 4.19. The van der Waals surface area contributed by atoms with E-state index in [2.05, 4.69) is 6.58 Å². The highest BCUT2D eigenvalue weighted by molar-refractivity contribution is 6.41. The second-order valence-corrected chi connectivity index (χ2v) is 1.19. The largest absolute Gasteiger partial charge is 0.302 e. The average molecular weight is 97.1 g/mol. The second-order valence-electron chi connectivity index (χ2n) is 1.19. The van der Waals surface area contributed by atoms with E-state index in [9.17, 15) is 4.79 Å². The third-order valence-corrected chi connectivity index (χ3v) is 0.555. The van der Waals surface area contributed by atoms with Crippen molar-refractivity contribution in [3.63, 3.8) is 0 Å². The van der Waals surface area contributed by atoms with Crippen LogP contribution in [0.5, 0.6) is 0 Å². The smallest absolute Gasteiger partial charge is 0.198 e. The molecule has 2 nitrogen and oxygen atoms in total. The van der Waals surface area contributed by atoms with Crippen LogP contribution in [0.1, 0.15) is 6.92 Å². The molecular formula is C5H7NO. The van der Waals surface area contributed by atoms with Crippen molar-refractivity contribution < 1.29 is 4.79 Å². The van der Waals surface area contributed by atoms with Gasteiger partial charge in [-0.15, -0.1) is 0 Å². The molecule has 0 bridgehead atoms. The van der Waals surface area contributed by atoms with Crippen molar-refractivity contribution in [2.45, 2.75) is 6.92 Å². The van der Waals surface area contributed by atoms with Gasteiger partial charge in [-0.25, -0.2) is 0 Å². The maximum atomic E-state index is 10.2. The minimum atomic E-state index is -0.306. The lowest BCUT2D eigenvalue weighted by Gasteiger charge is -1.81. The van der Waals surface area contributed by atoms with Crippen LogP contribution in [-0.4, -0.2) is 11.5 Å². The zero-order valence-corrected chi connectivity index (χ0v) is 4.19. The van der Waals surface area contributed by atoms with E-state index >= 15 is 0 Å². The summed E-state index contributed by atoms with van der Waals surface area (Å²) in [5.74, 6) is -0.306. The summed E-state index contributed by atoms with van der Waals surface area (Å²) >= 11 is 0. The molecule has 2 heteroatoms. The lowest BCUT2D eigenvalue weighted by atomic mass is 10.3. The van der Waals surface area contributed by atoms with Gasteiger partial charge in [0, 0.05) is 0 Å². The Labute approximate surface area is 42.4 Å². The molecule has 0 aromatic rings. The van der Waals surface area contributed by atoms with Crippen LogP contribution in [0.4, 0.5) is 0 Å². The number of carbonyl (C=O) groups excluding carboxylic acids is 1. The van der Waals surface area contributed by atoms with Gasteiger partial charge in [-0.1, -0.05) is 6.58 Å². The molecule has 1 N–H and O–H groups in total. The van der Waals surface area contributed by atoms with Gasteiger partial charge < -0.3 is 5.41 Å². The van der Waals surface area contributed by atoms with Gasteiger partial charge >= 0.3 is 0 Å². The van der Waals surface area contributed by atoms with Crippen molar-refractivity contribution >= 4 is 11.5 Å². The summed E-state index contributed by atoms with van der Waals surface area (Å²) in [6.45, 7) is 4.63. The molecule has 0 radical (unpaired) electrons. The third-order valence-electron chi connectivity index (χ3n) is 0.555. The van der Waals surface area contributed by atoms with Crippen molar-refractivity contribution in [3.05, 3.63) is 12.7 Å². The van der Waals surface area contributed by atoms with Gasteiger partial charge in [-0.05, 0) is 13.0 Å². The molecule has 0 aliphatic rings. The summed E-state index contributed by atoms with van der Waals surface area (Å²) in [5.41, 5.74) is 0.0370. The topological polar surface area (TPSA) is 40.9 Å². The predicted molar refractivity (Wildman–Crippen MR) is 28.6 cm³/mol. The number of rotatable bonds is 2. The van der Waals surface area contributed by atoms with Crippen molar-refractivity contribution in [3.8, 4) is 0 Å². The summed E-state index contributed by atoms with van der Waals surface area (Å²) in [6, 6.07) is 0. The summed E-state index contributed by atoms with van der Waals surface area (Å²) in [5, 5.41) is 6.68. The standard InChI is InChI=1S/C5H7NO/c1-3-5(7)4(2)6/h3,6H,1H2,2H3. The third kappa shape index (κ3) is 1.87. The van der Waals surface area contributed by atoms with E-state index in [0.717, 1.165) is 6.08 Å². The molecule has 0 rings (SSSR count). The van der Waals surface area contributed by atoms with E-state index in [1.807, 2.05) is 0 Å². The van der Waals surface area contributed by atoms with Crippen LogP contribution in [0.2, 0.25) is 0 Å². The van der Waals surface area contributed by atoms with E-state index in [4.69, 9.17) is 5.41 Å². The number of nitrogens with one attached hydrogen (secondary N) is 1. The van der Waals surface area contributed by atoms with Crippen molar-refractivity contribution in [1.82, 2.24) is 0 Å². The van der Waals surface area contributed by atoms with Gasteiger partial charge in [-0.2, -0.15) is 0 Å². The predicted octanol–water partition coefficient (Wildman–Crippen LogP) is 0.781. The maximum absolute atomic E-state index is 10.2. The molecule has 7 heavy (non-hydrogen) atoms. The summed E-state index contributed by atoms with van der Waals surface area (Å²) in [4.78, 5) is 10.2. The fraction of sp³-hybridized carbons (Fsp3) is 0.200. The highest BCUT2D eigenvalue weighted by atomic mass is 16.1. The first-order chi connectivity index (χ1) is 3.18. The summed E-state index contributed by atoms with van der Waals surface area (Å²) < 4.78 is 0. The molecule has 38 valence electrons. The van der Waals surface area contributed by atoms with E-state index in [1.54, 1.807) is 0 Å². The maximum Gasteiger partial charge on any atom is 0.198 e. The minimum Gasteiger partial charge on any atom is -0.302 e. The van der Waals surface area contributed by atoms with Crippen LogP contribution in [0, 0.1) is 5.41 Å². The molecule has 0 aromatic heterocycles. The van der Waals surface area contributed by atoms with Gasteiger partial charge in [0.05, 0.1) is 5.71 Å². The number of hydrogen-bond acceptors (Lipinski definition) is 2. The molecular weight excluding hydrogens is 90.1 g/mol. The van der Waals surface area contributed by atoms with Crippen molar-refractivity contribution in [2.24, 2.45) is 0 Å². The Balaban J connectivity index is 3.81. The first kappa shape index (κ1) is 6.08. The Bertz CT molecular complexity index is 115. The van der Waals surface area contributed by atoms with Crippen LogP contribution in [0.3, 0.4) is 0 Å². The van der Waals surface area contributed by atoms with Crippen molar-refractivity contribution in [1.29, 1.82) is 5.41 Å². The molecule has 0 fully saturated rings. The fourth-order valence-corrected chi connectivity index (χ4v) is 0.153. The molecule has 0 aromatic carbocycles. The molecule has 0 unspecified atom stereocenters. The molecule has 0 saturated carbocycles. The molecule has 0 atom stereocenters. The number of hydrogen-bond donors (Lipinski definition) is 1. The number of ketones is 1. The Hall–Kier alpha value is -0.920. The van der Waals surface area contributed by atoms with Gasteiger partial charge in [0.25, 0.3) is 0 Å². The first-order valence-corrected chi connectivity index (χ1v) is 1.90. The highest BCUT2D eigenvalue weighted by Crippen LogP contribution is 1.73. The fourth-order valence-electron chi connectivity index (χ4n) is 0.153. The van der Waals surface area contributed by atoms with E-state index < -0.39 is 0 Å². The van der Waals surface area contributed by atoms with Crippen LogP contribution < -0.4 is 0 Å². The summed E-state index contributed by atoms with van der Waals surface area (Å²) in [7, 11) is 0. The van der Waals surface area contributed by atoms with Gasteiger partial charge in [0.1, 0.15) is 0 Å². The Kier molecular flexibility index (Phi) is 1.99. The molecule has 0 saturated heterocycles. The second kappa shape index (κ2) is 2.29. The van der Waals surface area contributed by atoms with Gasteiger partial charge in [0.2, 0.25) is 0 Å². The van der Waals surface area contributed by atoms with E-state index in [1.165, 1.54) is 6.92 Å². The monoisotopic (exact) mass is 97.1 g/mol. The Morgan fingerprint density at radius 2 is 2.29 bits per heavy atom. The van der Waals surface area contributed by atoms with Crippen LogP contribution in [0.15, 0.2) is 12.7 Å². The van der Waals surface area contributed by atoms with Gasteiger partial charge in [-0.3, -0.25) is 4.79 Å². The average Bonchev–Trinajstić information content (AvgIpc) is 1.65. The van der Waals surface area contributed by atoms with Crippen LogP contribution in [-0.2, 0) is 4.79 Å². The SMILES string of the molecule is C=CC(=O)C(C)=N. The first-order valence-electron chi connectivity index (χ1n) is 1.90. The lowest BCUT2D eigenvalue weighted by Crippen LogP contribution is -2.02. The quantitative estimate of drug-likeness (QED) is 0.401. The summed E-state index contributed by atoms with van der Waals surface area (Å²) in [6.07, 6.45) is 1.13. The molecule has 0 heterocycles. The van der Waals surface area contributed by atoms with Crippen LogP contribution in [0.25, 0.3) is 0 Å². The highest BCUT2D eigenvalue weighted by Gasteiger charge is 1.92. The van der Waals surface area contributed by atoms with Crippen LogP contribution >= 0.6 is 0 Å². The minimum absolute atomic E-state index is 0.0370. The molecule has 0 aliphatic heterocycles. The van der Waals surface area contributed by atoms with Crippen molar-refractivity contribution in [2.75, 3.05) is 0 Å². The Morgan fingerprint density at radius 3 is 2.29 bits per heavy atom. The molecule has 0 aliphatic carbocycles. The molecule has 0 amide bonds. The normalized spacial score (nSPS) is 7.57. The number of carbonyl (C=O) groups is 1. The van der Waals surface area contributed by atoms with E-state index in [0.29, 0.717) is 0 Å². The molecule has 0 spiro atoms.